The molecular formula is C19H34O. The van der Waals surface area contributed by atoms with E-state index in [2.05, 4.69) is 13.8 Å². The van der Waals surface area contributed by atoms with Gasteiger partial charge in [0.1, 0.15) is 6.29 Å². The Morgan fingerprint density at radius 3 is 2.30 bits per heavy atom. The summed E-state index contributed by atoms with van der Waals surface area (Å²) in [6.45, 7) is 4.93. The fraction of sp³-hybridized carbons (Fsp3) is 0.947. The van der Waals surface area contributed by atoms with E-state index in [1.54, 1.807) is 0 Å². The lowest BCUT2D eigenvalue weighted by Gasteiger charge is -2.34. The minimum Gasteiger partial charge on any atom is -0.303 e. The fourth-order valence-electron chi connectivity index (χ4n) is 4.55. The average Bonchev–Trinajstić information content (AvgIpc) is 2.48. The largest absolute Gasteiger partial charge is 0.303 e. The van der Waals surface area contributed by atoms with Crippen LogP contribution in [-0.2, 0) is 4.79 Å². The van der Waals surface area contributed by atoms with Crippen LogP contribution in [0.2, 0.25) is 0 Å². The lowest BCUT2D eigenvalue weighted by Crippen LogP contribution is -2.24. The topological polar surface area (TPSA) is 17.1 Å². The minimum absolute atomic E-state index is 0.385. The molecule has 3 unspecified atom stereocenters. The summed E-state index contributed by atoms with van der Waals surface area (Å²) in [4.78, 5) is 10.8. The predicted octanol–water partition coefficient (Wildman–Crippen LogP) is 5.62. The van der Waals surface area contributed by atoms with Crippen LogP contribution in [-0.4, -0.2) is 6.29 Å². The van der Waals surface area contributed by atoms with Gasteiger partial charge in [-0.1, -0.05) is 58.8 Å². The number of carbonyl (C=O) groups excluding carboxylic acids is 1. The molecule has 1 heteroatoms. The van der Waals surface area contributed by atoms with Crippen LogP contribution in [0.25, 0.3) is 0 Å². The molecule has 0 N–H and O–H groups in total. The molecule has 3 atom stereocenters. The first-order valence-electron chi connectivity index (χ1n) is 9.16. The first-order chi connectivity index (χ1) is 9.70. The van der Waals surface area contributed by atoms with Crippen molar-refractivity contribution in [3.05, 3.63) is 0 Å². The second-order valence-corrected chi connectivity index (χ2v) is 7.73. The van der Waals surface area contributed by atoms with E-state index < -0.39 is 0 Å². The van der Waals surface area contributed by atoms with Crippen molar-refractivity contribution < 1.29 is 4.79 Å². The number of rotatable bonds is 6. The highest BCUT2D eigenvalue weighted by molar-refractivity contribution is 5.53. The molecule has 0 amide bonds. The standard InChI is InChI=1S/C19H34O/c1-15-6-5-9-19(16(15)2)8-4-3-7-17-10-12-18(14-20)13-11-17/h14-19H,3-13H2,1-2H3. The average molecular weight is 278 g/mol. The van der Waals surface area contributed by atoms with Crippen molar-refractivity contribution >= 4 is 6.29 Å². The van der Waals surface area contributed by atoms with Crippen molar-refractivity contribution in [3.8, 4) is 0 Å². The first-order valence-corrected chi connectivity index (χ1v) is 9.16. The van der Waals surface area contributed by atoms with E-state index in [-0.39, 0.29) is 0 Å². The summed E-state index contributed by atoms with van der Waals surface area (Å²) < 4.78 is 0. The maximum atomic E-state index is 10.8. The van der Waals surface area contributed by atoms with Gasteiger partial charge in [0.25, 0.3) is 0 Å². The highest BCUT2D eigenvalue weighted by Gasteiger charge is 2.26. The van der Waals surface area contributed by atoms with Gasteiger partial charge < -0.3 is 4.79 Å². The third-order valence-corrected chi connectivity index (χ3v) is 6.40. The molecule has 2 aliphatic rings. The molecule has 0 aromatic carbocycles. The molecule has 0 bridgehead atoms. The van der Waals surface area contributed by atoms with Gasteiger partial charge in [-0.05, 0) is 49.4 Å². The number of hydrogen-bond donors (Lipinski definition) is 0. The molecule has 0 saturated heterocycles. The summed E-state index contributed by atoms with van der Waals surface area (Å²) >= 11 is 0. The second kappa shape index (κ2) is 8.20. The number of unbranched alkanes of at least 4 members (excludes halogenated alkanes) is 1. The Bertz CT molecular complexity index is 277. The third kappa shape index (κ3) is 4.60. The van der Waals surface area contributed by atoms with Gasteiger partial charge in [-0.25, -0.2) is 0 Å². The maximum absolute atomic E-state index is 10.8. The van der Waals surface area contributed by atoms with Crippen LogP contribution in [0.4, 0.5) is 0 Å². The first kappa shape index (κ1) is 16.0. The maximum Gasteiger partial charge on any atom is 0.123 e. The van der Waals surface area contributed by atoms with Crippen LogP contribution in [0.15, 0.2) is 0 Å². The van der Waals surface area contributed by atoms with Crippen LogP contribution < -0.4 is 0 Å². The highest BCUT2D eigenvalue weighted by Crippen LogP contribution is 2.37. The predicted molar refractivity (Wildman–Crippen MR) is 85.6 cm³/mol. The summed E-state index contributed by atoms with van der Waals surface area (Å²) in [5.41, 5.74) is 0. The Morgan fingerprint density at radius 1 is 0.900 bits per heavy atom. The molecule has 1 nitrogen and oxygen atoms in total. The van der Waals surface area contributed by atoms with Crippen molar-refractivity contribution in [2.45, 2.75) is 84.5 Å². The van der Waals surface area contributed by atoms with E-state index in [1.807, 2.05) is 0 Å². The molecule has 0 radical (unpaired) electrons. The normalized spacial score (nSPS) is 38.6. The van der Waals surface area contributed by atoms with Gasteiger partial charge in [0.2, 0.25) is 0 Å². The van der Waals surface area contributed by atoms with Gasteiger partial charge in [0.05, 0.1) is 0 Å². The van der Waals surface area contributed by atoms with Gasteiger partial charge in [-0.15, -0.1) is 0 Å². The Kier molecular flexibility index (Phi) is 6.58. The fourth-order valence-corrected chi connectivity index (χ4v) is 4.55. The van der Waals surface area contributed by atoms with E-state index in [0.29, 0.717) is 5.92 Å². The van der Waals surface area contributed by atoms with Crippen LogP contribution in [0.3, 0.4) is 0 Å². The molecule has 0 aromatic rings. The van der Waals surface area contributed by atoms with Gasteiger partial charge in [-0.2, -0.15) is 0 Å². The molecule has 2 rings (SSSR count). The zero-order valence-corrected chi connectivity index (χ0v) is 13.7. The summed E-state index contributed by atoms with van der Waals surface area (Å²) in [6, 6.07) is 0. The zero-order chi connectivity index (χ0) is 14.4. The van der Waals surface area contributed by atoms with Crippen LogP contribution in [0, 0.1) is 29.6 Å². The Balaban J connectivity index is 1.56. The van der Waals surface area contributed by atoms with Gasteiger partial charge in [0.15, 0.2) is 0 Å². The van der Waals surface area contributed by atoms with Gasteiger partial charge in [0, 0.05) is 5.92 Å². The smallest absolute Gasteiger partial charge is 0.123 e. The molecule has 2 aliphatic carbocycles. The summed E-state index contributed by atoms with van der Waals surface area (Å²) in [5.74, 6) is 4.22. The minimum atomic E-state index is 0.385. The molecule has 2 saturated carbocycles. The summed E-state index contributed by atoms with van der Waals surface area (Å²) in [5, 5.41) is 0. The third-order valence-electron chi connectivity index (χ3n) is 6.40. The molecule has 0 spiro atoms. The molecule has 0 aromatic heterocycles. The Hall–Kier alpha value is -0.330. The Morgan fingerprint density at radius 2 is 1.60 bits per heavy atom. The van der Waals surface area contributed by atoms with E-state index in [9.17, 15) is 4.79 Å². The molecule has 2 fully saturated rings. The van der Waals surface area contributed by atoms with Crippen molar-refractivity contribution in [1.29, 1.82) is 0 Å². The van der Waals surface area contributed by atoms with E-state index >= 15 is 0 Å². The molecule has 116 valence electrons. The number of aldehydes is 1. The molecule has 20 heavy (non-hydrogen) atoms. The van der Waals surface area contributed by atoms with Crippen LogP contribution >= 0.6 is 0 Å². The SMILES string of the molecule is CC1CCCC(CCCCC2CCC(C=O)CC2)C1C. The second-order valence-electron chi connectivity index (χ2n) is 7.73. The summed E-state index contributed by atoms with van der Waals surface area (Å²) in [6.07, 6.45) is 16.3. The number of hydrogen-bond acceptors (Lipinski definition) is 1. The zero-order valence-electron chi connectivity index (χ0n) is 13.7. The van der Waals surface area contributed by atoms with Crippen molar-refractivity contribution in [1.82, 2.24) is 0 Å². The lowest BCUT2D eigenvalue weighted by molar-refractivity contribution is -0.112. The molecule has 0 aliphatic heterocycles. The van der Waals surface area contributed by atoms with E-state index in [0.717, 1.165) is 36.5 Å². The van der Waals surface area contributed by atoms with Crippen molar-refractivity contribution in [3.63, 3.8) is 0 Å². The lowest BCUT2D eigenvalue weighted by atomic mass is 9.72. The Labute approximate surface area is 125 Å². The van der Waals surface area contributed by atoms with E-state index in [1.165, 1.54) is 64.1 Å². The van der Waals surface area contributed by atoms with Crippen molar-refractivity contribution in [2.75, 3.05) is 0 Å². The van der Waals surface area contributed by atoms with Crippen LogP contribution in [0.5, 0.6) is 0 Å². The van der Waals surface area contributed by atoms with Crippen molar-refractivity contribution in [2.24, 2.45) is 29.6 Å². The van der Waals surface area contributed by atoms with Gasteiger partial charge in [-0.3, -0.25) is 0 Å². The number of carbonyl (C=O) groups is 1. The quantitative estimate of drug-likeness (QED) is 0.455. The monoisotopic (exact) mass is 278 g/mol. The molecule has 0 heterocycles. The summed E-state index contributed by atoms with van der Waals surface area (Å²) in [7, 11) is 0. The highest BCUT2D eigenvalue weighted by atomic mass is 16.1. The van der Waals surface area contributed by atoms with Crippen LogP contribution in [0.1, 0.15) is 84.5 Å². The van der Waals surface area contributed by atoms with Gasteiger partial charge >= 0.3 is 0 Å². The molecular weight excluding hydrogens is 244 g/mol. The van der Waals surface area contributed by atoms with E-state index in [4.69, 9.17) is 0 Å².